The van der Waals surface area contributed by atoms with Gasteiger partial charge in [0, 0.05) is 18.6 Å². The summed E-state index contributed by atoms with van der Waals surface area (Å²) < 4.78 is 12.6. The van der Waals surface area contributed by atoms with Crippen molar-refractivity contribution in [1.82, 2.24) is 9.79 Å². The lowest BCUT2D eigenvalue weighted by atomic mass is 10.3. The van der Waals surface area contributed by atoms with Crippen LogP contribution in [0.25, 0.3) is 0 Å². The molecule has 0 rings (SSSR count). The van der Waals surface area contributed by atoms with Gasteiger partial charge in [-0.2, -0.15) is 10.0 Å². The second-order valence-electron chi connectivity index (χ2n) is 3.65. The zero-order valence-electron chi connectivity index (χ0n) is 9.27. The molecular formula is C9H18N3OP. The lowest BCUT2D eigenvalue weighted by molar-refractivity contribution is 0.00105. The molecule has 0 aromatic carbocycles. The van der Waals surface area contributed by atoms with Crippen LogP contribution < -0.4 is 0 Å². The molecule has 0 atom stereocenters. The third kappa shape index (κ3) is 4.15. The van der Waals surface area contributed by atoms with Crippen molar-refractivity contribution in [2.75, 3.05) is 6.54 Å². The first kappa shape index (κ1) is 13.5. The zero-order chi connectivity index (χ0) is 11.1. The molecule has 0 spiro atoms. The normalized spacial score (nSPS) is 11.9. The van der Waals surface area contributed by atoms with E-state index in [1.807, 2.05) is 32.7 Å². The first-order valence-corrected chi connectivity index (χ1v) is 5.57. The second-order valence-corrected chi connectivity index (χ2v) is 4.28. The molecule has 0 bridgehead atoms. The maximum absolute atomic E-state index is 10.9. The Morgan fingerprint density at radius 2 is 1.79 bits per heavy atom. The Labute approximate surface area is 87.7 Å². The molecule has 0 saturated heterocycles. The van der Waals surface area contributed by atoms with E-state index < -0.39 is 0 Å². The molecule has 4 nitrogen and oxygen atoms in total. The smallest absolute Gasteiger partial charge is 0.254 e. The number of hydrogen-bond acceptors (Lipinski definition) is 3. The molecule has 0 amide bonds. The van der Waals surface area contributed by atoms with E-state index in [1.165, 1.54) is 0 Å². The maximum atomic E-state index is 10.9. The average molecular weight is 215 g/mol. The second kappa shape index (κ2) is 6.89. The highest BCUT2D eigenvalue weighted by molar-refractivity contribution is 7.20. The summed E-state index contributed by atoms with van der Waals surface area (Å²) in [6.07, 6.45) is 0.394. The van der Waals surface area contributed by atoms with Crippen LogP contribution in [0.1, 0.15) is 34.1 Å². The highest BCUT2D eigenvalue weighted by Crippen LogP contribution is 2.17. The molecule has 0 aromatic heterocycles. The van der Waals surface area contributed by atoms with Crippen LogP contribution in [0.15, 0.2) is 0 Å². The molecular weight excluding hydrogens is 197 g/mol. The third-order valence-corrected chi connectivity index (χ3v) is 2.44. The van der Waals surface area contributed by atoms with E-state index in [0.717, 1.165) is 0 Å². The Bertz CT molecular complexity index is 205. The van der Waals surface area contributed by atoms with Crippen LogP contribution in [0, 0.1) is 11.3 Å². The fraction of sp³-hybridized carbons (Fsp3) is 0.889. The summed E-state index contributed by atoms with van der Waals surface area (Å²) in [6, 6.07) is 2.63. The highest BCUT2D eigenvalue weighted by Gasteiger charge is 2.21. The summed E-state index contributed by atoms with van der Waals surface area (Å²) >= 11 is 0. The Morgan fingerprint density at radius 1 is 1.29 bits per heavy atom. The molecule has 14 heavy (non-hydrogen) atoms. The van der Waals surface area contributed by atoms with Crippen LogP contribution in [-0.4, -0.2) is 28.4 Å². The third-order valence-electron chi connectivity index (χ3n) is 1.84. The summed E-state index contributed by atoms with van der Waals surface area (Å²) in [6.45, 7) is 8.70. The molecule has 0 fully saturated rings. The Hall–Kier alpha value is -0.490. The van der Waals surface area contributed by atoms with Gasteiger partial charge in [0.1, 0.15) is 0 Å². The number of rotatable bonds is 6. The van der Waals surface area contributed by atoms with Crippen molar-refractivity contribution in [2.24, 2.45) is 0 Å². The summed E-state index contributed by atoms with van der Waals surface area (Å²) in [7, 11) is -0.0422. The van der Waals surface area contributed by atoms with E-state index in [4.69, 9.17) is 5.26 Å². The summed E-state index contributed by atoms with van der Waals surface area (Å²) in [5.74, 6) is 0. The quantitative estimate of drug-likeness (QED) is 0.504. The molecule has 0 unspecified atom stereocenters. The predicted molar refractivity (Wildman–Crippen MR) is 56.7 cm³/mol. The van der Waals surface area contributed by atoms with Gasteiger partial charge in [-0.1, -0.05) is 0 Å². The lowest BCUT2D eigenvalue weighted by Crippen LogP contribution is -2.46. The van der Waals surface area contributed by atoms with Crippen LogP contribution in [0.3, 0.4) is 0 Å². The minimum Gasteiger partial charge on any atom is -0.254 e. The standard InChI is InChI=1S/C9H18N3OP/c1-8(2)12(9(3)4)11(14-13)7-5-6-10/h8-9H,5,7H2,1-4H3. The Balaban J connectivity index is 4.43. The monoisotopic (exact) mass is 215 g/mol. The van der Waals surface area contributed by atoms with Crippen molar-refractivity contribution < 1.29 is 4.57 Å². The van der Waals surface area contributed by atoms with Crippen molar-refractivity contribution in [2.45, 2.75) is 46.2 Å². The van der Waals surface area contributed by atoms with E-state index in [9.17, 15) is 4.57 Å². The van der Waals surface area contributed by atoms with Crippen LogP contribution in [0.5, 0.6) is 0 Å². The molecule has 0 saturated carbocycles. The molecule has 5 heteroatoms. The Kier molecular flexibility index (Phi) is 6.65. The fourth-order valence-corrected chi connectivity index (χ4v) is 2.16. The zero-order valence-corrected chi connectivity index (χ0v) is 10.2. The molecule has 80 valence electrons. The molecule has 0 N–H and O–H groups in total. The molecule has 0 heterocycles. The number of nitrogens with zero attached hydrogens (tertiary/aromatic N) is 3. The molecule has 0 radical (unpaired) electrons. The van der Waals surface area contributed by atoms with E-state index >= 15 is 0 Å². The van der Waals surface area contributed by atoms with Crippen LogP contribution in [-0.2, 0) is 4.57 Å². The molecule has 0 aliphatic rings. The van der Waals surface area contributed by atoms with Crippen molar-refractivity contribution in [3.8, 4) is 6.07 Å². The van der Waals surface area contributed by atoms with E-state index in [1.54, 1.807) is 4.78 Å². The molecule has 0 aliphatic carbocycles. The lowest BCUT2D eigenvalue weighted by Gasteiger charge is -2.35. The van der Waals surface area contributed by atoms with Gasteiger partial charge in [-0.3, -0.25) is 4.57 Å². The molecule has 0 aliphatic heterocycles. The van der Waals surface area contributed by atoms with Gasteiger partial charge in [-0.25, -0.2) is 5.01 Å². The Morgan fingerprint density at radius 3 is 2.07 bits per heavy atom. The van der Waals surface area contributed by atoms with Gasteiger partial charge < -0.3 is 0 Å². The van der Waals surface area contributed by atoms with Crippen molar-refractivity contribution >= 4 is 8.61 Å². The first-order chi connectivity index (χ1) is 6.54. The number of hydrazine groups is 1. The summed E-state index contributed by atoms with van der Waals surface area (Å²) in [5.41, 5.74) is 0. The predicted octanol–water partition coefficient (Wildman–Crippen LogP) is 2.44. The topological polar surface area (TPSA) is 47.3 Å². The largest absolute Gasteiger partial charge is 0.264 e. The minimum atomic E-state index is -0.0422. The van der Waals surface area contributed by atoms with E-state index in [-0.39, 0.29) is 20.7 Å². The van der Waals surface area contributed by atoms with E-state index in [0.29, 0.717) is 13.0 Å². The fourth-order valence-electron chi connectivity index (χ4n) is 1.48. The molecule has 0 aromatic rings. The van der Waals surface area contributed by atoms with Gasteiger partial charge >= 0.3 is 0 Å². The summed E-state index contributed by atoms with van der Waals surface area (Å²) in [4.78, 5) is 0. The van der Waals surface area contributed by atoms with Crippen LogP contribution >= 0.6 is 8.61 Å². The summed E-state index contributed by atoms with van der Waals surface area (Å²) in [5, 5.41) is 10.5. The van der Waals surface area contributed by atoms with Gasteiger partial charge in [-0.05, 0) is 27.7 Å². The van der Waals surface area contributed by atoms with Crippen LogP contribution in [0.4, 0.5) is 0 Å². The van der Waals surface area contributed by atoms with Crippen molar-refractivity contribution in [1.29, 1.82) is 5.26 Å². The van der Waals surface area contributed by atoms with Crippen molar-refractivity contribution in [3.05, 3.63) is 0 Å². The number of nitriles is 1. The highest BCUT2D eigenvalue weighted by atomic mass is 31.1. The average Bonchev–Trinajstić information content (AvgIpc) is 2.10. The maximum Gasteiger partial charge on any atom is 0.264 e. The van der Waals surface area contributed by atoms with Crippen LogP contribution in [0.2, 0.25) is 0 Å². The van der Waals surface area contributed by atoms with Crippen molar-refractivity contribution in [3.63, 3.8) is 0 Å². The number of hydrogen-bond donors (Lipinski definition) is 0. The first-order valence-electron chi connectivity index (χ1n) is 4.80. The van der Waals surface area contributed by atoms with Gasteiger partial charge in [0.2, 0.25) is 0 Å². The van der Waals surface area contributed by atoms with Gasteiger partial charge in [-0.15, -0.1) is 0 Å². The van der Waals surface area contributed by atoms with Gasteiger partial charge in [0.15, 0.2) is 0 Å². The SMILES string of the molecule is CC(C)N(C(C)C)N(CCC#N)P=O. The van der Waals surface area contributed by atoms with E-state index in [2.05, 4.69) is 6.07 Å². The van der Waals surface area contributed by atoms with Gasteiger partial charge in [0.05, 0.1) is 12.5 Å². The minimum absolute atomic E-state index is 0.0422. The van der Waals surface area contributed by atoms with Gasteiger partial charge in [0.25, 0.3) is 8.61 Å².